The van der Waals surface area contributed by atoms with E-state index in [1.807, 2.05) is 0 Å². The van der Waals surface area contributed by atoms with Gasteiger partial charge in [-0.15, -0.1) is 0 Å². The summed E-state index contributed by atoms with van der Waals surface area (Å²) >= 11 is 0. The molecule has 0 radical (unpaired) electrons. The predicted molar refractivity (Wildman–Crippen MR) is 44.7 cm³/mol. The van der Waals surface area contributed by atoms with Crippen LogP contribution in [0.5, 0.6) is 0 Å². The molecule has 6 nitrogen and oxygen atoms in total. The van der Waals surface area contributed by atoms with Crippen LogP contribution in [-0.4, -0.2) is 9.91 Å². The van der Waals surface area contributed by atoms with Crippen molar-refractivity contribution in [2.24, 2.45) is 0 Å². The predicted octanol–water partition coefficient (Wildman–Crippen LogP) is 1.09. The highest BCUT2D eigenvalue weighted by atomic mass is 19.3. The Morgan fingerprint density at radius 2 is 2.07 bits per heavy atom. The fourth-order valence-electron chi connectivity index (χ4n) is 0.911. The van der Waals surface area contributed by atoms with Gasteiger partial charge in [-0.3, -0.25) is 10.1 Å². The van der Waals surface area contributed by atoms with Gasteiger partial charge in [0.05, 0.1) is 4.92 Å². The SMILES string of the molecule is Nc1cc(C(F)F)nc(N)c1[N+](=O)[O-]. The van der Waals surface area contributed by atoms with E-state index in [4.69, 9.17) is 11.5 Å². The minimum Gasteiger partial charge on any atom is -0.393 e. The molecule has 0 atom stereocenters. The first-order valence-electron chi connectivity index (χ1n) is 3.42. The molecule has 4 N–H and O–H groups in total. The molecule has 14 heavy (non-hydrogen) atoms. The van der Waals surface area contributed by atoms with Crippen LogP contribution >= 0.6 is 0 Å². The summed E-state index contributed by atoms with van der Waals surface area (Å²) in [6.45, 7) is 0. The fourth-order valence-corrected chi connectivity index (χ4v) is 0.911. The minimum atomic E-state index is -2.86. The van der Waals surface area contributed by atoms with Crippen LogP contribution in [0.1, 0.15) is 12.1 Å². The average molecular weight is 204 g/mol. The summed E-state index contributed by atoms with van der Waals surface area (Å²) < 4.78 is 24.2. The Bertz CT molecular complexity index is 359. The van der Waals surface area contributed by atoms with Gasteiger partial charge in [0.1, 0.15) is 11.4 Å². The van der Waals surface area contributed by atoms with E-state index in [-0.39, 0.29) is 0 Å². The maximum absolute atomic E-state index is 12.1. The number of nitro groups is 1. The molecule has 1 aromatic heterocycles. The maximum atomic E-state index is 12.1. The molecule has 0 amide bonds. The molecule has 76 valence electrons. The standard InChI is InChI=1S/C6H6F2N4O2/c7-5(8)3-1-2(9)4(12(13)14)6(10)11-3/h1,5H,(H4,9,10,11). The van der Waals surface area contributed by atoms with Crippen LogP contribution in [-0.2, 0) is 0 Å². The number of nitrogens with two attached hydrogens (primary N) is 2. The zero-order valence-corrected chi connectivity index (χ0v) is 6.78. The second-order valence-corrected chi connectivity index (χ2v) is 2.43. The number of alkyl halides is 2. The van der Waals surface area contributed by atoms with Gasteiger partial charge in [-0.25, -0.2) is 13.8 Å². The molecular weight excluding hydrogens is 198 g/mol. The third kappa shape index (κ3) is 1.68. The second kappa shape index (κ2) is 3.40. The number of hydrogen-bond donors (Lipinski definition) is 2. The molecule has 0 saturated carbocycles. The third-order valence-electron chi connectivity index (χ3n) is 1.48. The monoisotopic (exact) mass is 204 g/mol. The van der Waals surface area contributed by atoms with Crippen molar-refractivity contribution in [3.05, 3.63) is 21.9 Å². The van der Waals surface area contributed by atoms with Crippen LogP contribution in [0.4, 0.5) is 26.0 Å². The summed E-state index contributed by atoms with van der Waals surface area (Å²) in [5, 5.41) is 10.3. The largest absolute Gasteiger partial charge is 0.393 e. The van der Waals surface area contributed by atoms with Crippen LogP contribution in [0.25, 0.3) is 0 Å². The quantitative estimate of drug-likeness (QED) is 0.553. The Kier molecular flexibility index (Phi) is 2.45. The average Bonchev–Trinajstić information content (AvgIpc) is 2.01. The summed E-state index contributed by atoms with van der Waals surface area (Å²) in [7, 11) is 0. The van der Waals surface area contributed by atoms with Crippen molar-refractivity contribution in [2.75, 3.05) is 11.5 Å². The molecule has 0 aliphatic rings. The van der Waals surface area contributed by atoms with E-state index in [0.29, 0.717) is 0 Å². The lowest BCUT2D eigenvalue weighted by Gasteiger charge is -2.03. The lowest BCUT2D eigenvalue weighted by atomic mass is 10.3. The van der Waals surface area contributed by atoms with E-state index in [0.717, 1.165) is 6.07 Å². The van der Waals surface area contributed by atoms with Crippen molar-refractivity contribution >= 4 is 17.2 Å². The molecule has 0 saturated heterocycles. The normalized spacial score (nSPS) is 10.5. The van der Waals surface area contributed by atoms with E-state index in [2.05, 4.69) is 4.98 Å². The zero-order chi connectivity index (χ0) is 10.9. The number of hydrogen-bond acceptors (Lipinski definition) is 5. The Morgan fingerprint density at radius 3 is 2.43 bits per heavy atom. The molecule has 8 heteroatoms. The van der Waals surface area contributed by atoms with E-state index >= 15 is 0 Å². The zero-order valence-electron chi connectivity index (χ0n) is 6.78. The molecule has 0 aliphatic heterocycles. The van der Waals surface area contributed by atoms with Crippen LogP contribution < -0.4 is 11.5 Å². The smallest absolute Gasteiger partial charge is 0.333 e. The van der Waals surface area contributed by atoms with Crippen LogP contribution in [0.3, 0.4) is 0 Å². The minimum absolute atomic E-state index is 0.419. The fraction of sp³-hybridized carbons (Fsp3) is 0.167. The summed E-state index contributed by atoms with van der Waals surface area (Å²) in [5.41, 5.74) is 8.52. The molecule has 0 spiro atoms. The molecule has 1 aromatic rings. The van der Waals surface area contributed by atoms with Gasteiger partial charge in [-0.2, -0.15) is 0 Å². The highest BCUT2D eigenvalue weighted by Gasteiger charge is 2.21. The Hall–Kier alpha value is -1.99. The molecule has 0 fully saturated rings. The van der Waals surface area contributed by atoms with Crippen LogP contribution in [0, 0.1) is 10.1 Å². The van der Waals surface area contributed by atoms with Crippen molar-refractivity contribution in [1.29, 1.82) is 0 Å². The van der Waals surface area contributed by atoms with E-state index in [9.17, 15) is 18.9 Å². The molecular formula is C6H6F2N4O2. The van der Waals surface area contributed by atoms with Gasteiger partial charge >= 0.3 is 5.69 Å². The number of halogens is 2. The number of rotatable bonds is 2. The summed E-state index contributed by atoms with van der Waals surface area (Å²) in [6, 6.07) is 0.735. The van der Waals surface area contributed by atoms with E-state index < -0.39 is 34.2 Å². The van der Waals surface area contributed by atoms with Gasteiger partial charge in [0.15, 0.2) is 0 Å². The molecule has 0 aromatic carbocycles. The first-order valence-corrected chi connectivity index (χ1v) is 3.42. The van der Waals surface area contributed by atoms with Gasteiger partial charge in [-0.1, -0.05) is 0 Å². The van der Waals surface area contributed by atoms with Gasteiger partial charge < -0.3 is 11.5 Å². The number of nitrogen functional groups attached to an aromatic ring is 2. The van der Waals surface area contributed by atoms with Gasteiger partial charge in [0.25, 0.3) is 6.43 Å². The molecule has 0 bridgehead atoms. The van der Waals surface area contributed by atoms with Crippen molar-refractivity contribution in [2.45, 2.75) is 6.43 Å². The van der Waals surface area contributed by atoms with Crippen molar-refractivity contribution in [3.8, 4) is 0 Å². The molecule has 0 aliphatic carbocycles. The Morgan fingerprint density at radius 1 is 1.50 bits per heavy atom. The lowest BCUT2D eigenvalue weighted by Crippen LogP contribution is -2.05. The highest BCUT2D eigenvalue weighted by molar-refractivity contribution is 5.69. The Balaban J connectivity index is 3.32. The molecule has 1 heterocycles. The summed E-state index contributed by atoms with van der Waals surface area (Å²) in [4.78, 5) is 12.6. The topological polar surface area (TPSA) is 108 Å². The number of aromatic nitrogens is 1. The first kappa shape index (κ1) is 10.1. The molecule has 0 unspecified atom stereocenters. The first-order chi connectivity index (χ1) is 6.43. The second-order valence-electron chi connectivity index (χ2n) is 2.43. The summed E-state index contributed by atoms with van der Waals surface area (Å²) in [5.74, 6) is -0.606. The van der Waals surface area contributed by atoms with Crippen molar-refractivity contribution < 1.29 is 13.7 Å². The number of pyridine rings is 1. The van der Waals surface area contributed by atoms with Crippen molar-refractivity contribution in [3.63, 3.8) is 0 Å². The van der Waals surface area contributed by atoms with Gasteiger partial charge in [0.2, 0.25) is 5.82 Å². The van der Waals surface area contributed by atoms with Gasteiger partial charge in [-0.05, 0) is 6.07 Å². The van der Waals surface area contributed by atoms with E-state index in [1.54, 1.807) is 0 Å². The summed E-state index contributed by atoms with van der Waals surface area (Å²) in [6.07, 6.45) is -2.86. The highest BCUT2D eigenvalue weighted by Crippen LogP contribution is 2.30. The van der Waals surface area contributed by atoms with Crippen LogP contribution in [0.2, 0.25) is 0 Å². The van der Waals surface area contributed by atoms with Crippen molar-refractivity contribution in [1.82, 2.24) is 4.98 Å². The third-order valence-corrected chi connectivity index (χ3v) is 1.48. The van der Waals surface area contributed by atoms with E-state index in [1.165, 1.54) is 0 Å². The van der Waals surface area contributed by atoms with Gasteiger partial charge in [0, 0.05) is 0 Å². The number of anilines is 2. The van der Waals surface area contributed by atoms with Crippen LogP contribution in [0.15, 0.2) is 6.07 Å². The molecule has 1 rings (SSSR count). The lowest BCUT2D eigenvalue weighted by molar-refractivity contribution is -0.383. The maximum Gasteiger partial charge on any atom is 0.333 e. The Labute approximate surface area is 76.7 Å². The number of nitrogens with zero attached hydrogens (tertiary/aromatic N) is 2.